The maximum absolute atomic E-state index is 13.9. The van der Waals surface area contributed by atoms with Gasteiger partial charge in [0.1, 0.15) is 23.5 Å². The van der Waals surface area contributed by atoms with Crippen LogP contribution in [0, 0.1) is 0 Å². The number of hydrogen-bond donors (Lipinski definition) is 0. The van der Waals surface area contributed by atoms with Gasteiger partial charge in [0.2, 0.25) is 0 Å². The molecule has 0 N–H and O–H groups in total. The molecule has 0 atom stereocenters. The van der Waals surface area contributed by atoms with Crippen LogP contribution in [-0.2, 0) is 22.3 Å². The number of nitrogens with zero attached hydrogens (tertiary/aromatic N) is 4. The minimum Gasteiger partial charge on any atom is -0.487 e. The van der Waals surface area contributed by atoms with E-state index in [1.807, 2.05) is 38.3 Å². The van der Waals surface area contributed by atoms with Crippen LogP contribution in [0.5, 0.6) is 5.75 Å². The fraction of sp³-hybridized carbons (Fsp3) is 0.375. The molecule has 13 heteroatoms. The molecule has 1 aromatic carbocycles. The van der Waals surface area contributed by atoms with E-state index in [9.17, 15) is 22.8 Å². The molecular weight excluding hydrogens is 609 g/mol. The Labute approximate surface area is 262 Å². The van der Waals surface area contributed by atoms with Crippen molar-refractivity contribution >= 4 is 23.4 Å². The molecule has 1 saturated heterocycles. The van der Waals surface area contributed by atoms with Crippen LogP contribution in [0.4, 0.5) is 18.0 Å². The third-order valence-electron chi connectivity index (χ3n) is 7.25. The lowest BCUT2D eigenvalue weighted by Gasteiger charge is -2.33. The molecule has 1 aliphatic heterocycles. The molecule has 1 amide bonds. The number of ether oxygens (including phenoxy) is 3. The second kappa shape index (κ2) is 12.9. The number of aromatic nitrogens is 3. The number of piperidine rings is 1. The van der Waals surface area contributed by atoms with Crippen LogP contribution in [-0.4, -0.2) is 57.5 Å². The Bertz CT molecular complexity index is 1650. The molecule has 0 aliphatic carbocycles. The molecule has 0 saturated carbocycles. The van der Waals surface area contributed by atoms with Gasteiger partial charge in [-0.1, -0.05) is 30.3 Å². The lowest BCUT2D eigenvalue weighted by molar-refractivity contribution is -0.143. The summed E-state index contributed by atoms with van der Waals surface area (Å²) in [6.45, 7) is 7.15. The van der Waals surface area contributed by atoms with Crippen LogP contribution in [0.3, 0.4) is 0 Å². The van der Waals surface area contributed by atoms with Crippen molar-refractivity contribution in [1.29, 1.82) is 0 Å². The number of esters is 1. The summed E-state index contributed by atoms with van der Waals surface area (Å²) in [6.07, 6.45) is -2.62. The summed E-state index contributed by atoms with van der Waals surface area (Å²) >= 11 is 1.34. The molecule has 1 aliphatic rings. The van der Waals surface area contributed by atoms with Crippen LogP contribution in [0.15, 0.2) is 60.1 Å². The average molecular weight is 643 g/mol. The van der Waals surface area contributed by atoms with Crippen molar-refractivity contribution in [2.75, 3.05) is 20.2 Å². The van der Waals surface area contributed by atoms with Crippen molar-refractivity contribution in [3.63, 3.8) is 0 Å². The fourth-order valence-electron chi connectivity index (χ4n) is 5.09. The zero-order valence-corrected chi connectivity index (χ0v) is 26.1. The maximum atomic E-state index is 13.9. The summed E-state index contributed by atoms with van der Waals surface area (Å²) in [6, 6.07) is 14.6. The number of carbonyl (C=O) groups excluding carboxylic acids is 2. The van der Waals surface area contributed by atoms with Crippen molar-refractivity contribution in [3.05, 3.63) is 82.5 Å². The SMILES string of the molecule is COC(=O)c1cnn(-c2cccc(-c3sccc3OCc3ccc(C4CCN(C(=O)OC(C)(C)C)CC4)cc3)n2)c1C(F)(F)F. The van der Waals surface area contributed by atoms with E-state index in [1.165, 1.54) is 23.0 Å². The highest BCUT2D eigenvalue weighted by Crippen LogP contribution is 2.37. The summed E-state index contributed by atoms with van der Waals surface area (Å²) in [7, 11) is 1.00. The summed E-state index contributed by atoms with van der Waals surface area (Å²) in [4.78, 5) is 31.1. The number of amides is 1. The predicted octanol–water partition coefficient (Wildman–Crippen LogP) is 7.49. The number of methoxy groups -OCH3 is 1. The van der Waals surface area contributed by atoms with Crippen LogP contribution in [0.1, 0.15) is 66.7 Å². The monoisotopic (exact) mass is 642 g/mol. The van der Waals surface area contributed by atoms with Crippen molar-refractivity contribution in [2.45, 2.75) is 57.9 Å². The van der Waals surface area contributed by atoms with Gasteiger partial charge in [0.15, 0.2) is 11.5 Å². The first-order chi connectivity index (χ1) is 21.3. The second-order valence-corrected chi connectivity index (χ2v) is 12.5. The number of thiophene rings is 1. The predicted molar refractivity (Wildman–Crippen MR) is 162 cm³/mol. The summed E-state index contributed by atoms with van der Waals surface area (Å²) in [5.74, 6) is -0.371. The smallest absolute Gasteiger partial charge is 0.434 e. The molecule has 45 heavy (non-hydrogen) atoms. The van der Waals surface area contributed by atoms with Crippen molar-refractivity contribution < 1.29 is 37.0 Å². The Balaban J connectivity index is 1.25. The Morgan fingerprint density at radius 2 is 1.73 bits per heavy atom. The Morgan fingerprint density at radius 1 is 1.02 bits per heavy atom. The van der Waals surface area contributed by atoms with Gasteiger partial charge < -0.3 is 19.1 Å². The van der Waals surface area contributed by atoms with Crippen LogP contribution < -0.4 is 4.74 Å². The molecule has 0 bridgehead atoms. The summed E-state index contributed by atoms with van der Waals surface area (Å²) in [5.41, 5.74) is 0.0636. The highest BCUT2D eigenvalue weighted by atomic mass is 32.1. The normalized spacial score (nSPS) is 14.3. The van der Waals surface area contributed by atoms with E-state index in [1.54, 1.807) is 23.1 Å². The molecular formula is C32H33F3N4O5S. The number of alkyl halides is 3. The topological polar surface area (TPSA) is 95.8 Å². The number of benzene rings is 1. The number of rotatable bonds is 7. The number of carbonyl (C=O) groups is 2. The Morgan fingerprint density at radius 3 is 2.38 bits per heavy atom. The van der Waals surface area contributed by atoms with E-state index >= 15 is 0 Å². The van der Waals surface area contributed by atoms with Gasteiger partial charge in [-0.2, -0.15) is 18.3 Å². The number of halogens is 3. The maximum Gasteiger partial charge on any atom is 0.434 e. The number of hydrogen-bond acceptors (Lipinski definition) is 8. The van der Waals surface area contributed by atoms with Gasteiger partial charge in [-0.15, -0.1) is 11.3 Å². The molecule has 238 valence electrons. The number of likely N-dealkylation sites (tertiary alicyclic amines) is 1. The van der Waals surface area contributed by atoms with E-state index in [2.05, 4.69) is 27.0 Å². The quantitative estimate of drug-likeness (QED) is 0.193. The summed E-state index contributed by atoms with van der Waals surface area (Å²) < 4.78 is 58.4. The van der Waals surface area contributed by atoms with Crippen LogP contribution in [0.25, 0.3) is 16.4 Å². The van der Waals surface area contributed by atoms with Crippen molar-refractivity contribution in [3.8, 4) is 22.1 Å². The first kappa shape index (κ1) is 32.0. The molecule has 0 radical (unpaired) electrons. The molecule has 4 heterocycles. The van der Waals surface area contributed by atoms with E-state index in [0.29, 0.717) is 40.0 Å². The van der Waals surface area contributed by atoms with Gasteiger partial charge in [0.05, 0.1) is 23.9 Å². The fourth-order valence-corrected chi connectivity index (χ4v) is 5.89. The highest BCUT2D eigenvalue weighted by Gasteiger charge is 2.41. The first-order valence-electron chi connectivity index (χ1n) is 14.3. The van der Waals surface area contributed by atoms with Crippen LogP contribution in [0.2, 0.25) is 0 Å². The largest absolute Gasteiger partial charge is 0.487 e. The molecule has 9 nitrogen and oxygen atoms in total. The standard InChI is InChI=1S/C32H33F3N4O5S/c1-31(2,3)44-30(41)38-15-12-22(13-16-38)21-10-8-20(9-11-21)19-43-25-14-17-45-27(25)24-6-5-7-26(37-24)39-28(32(33,34)35)23(18-36-39)29(40)42-4/h5-11,14,17-18,22H,12-13,15-16,19H2,1-4H3. The Hall–Kier alpha value is -4.39. The van der Waals surface area contributed by atoms with Gasteiger partial charge in [-0.3, -0.25) is 0 Å². The zero-order valence-electron chi connectivity index (χ0n) is 25.3. The van der Waals surface area contributed by atoms with Crippen molar-refractivity contribution in [1.82, 2.24) is 19.7 Å². The zero-order chi connectivity index (χ0) is 32.4. The molecule has 5 rings (SSSR count). The summed E-state index contributed by atoms with van der Waals surface area (Å²) in [5, 5.41) is 5.61. The third-order valence-corrected chi connectivity index (χ3v) is 8.17. The van der Waals surface area contributed by atoms with Gasteiger partial charge in [0, 0.05) is 13.1 Å². The lowest BCUT2D eigenvalue weighted by atomic mass is 9.89. The molecule has 3 aromatic heterocycles. The van der Waals surface area contributed by atoms with Crippen LogP contribution >= 0.6 is 11.3 Å². The number of pyridine rings is 1. The Kier molecular flexibility index (Phi) is 9.19. The molecule has 0 unspecified atom stereocenters. The van der Waals surface area contributed by atoms with E-state index < -0.39 is 29.0 Å². The van der Waals surface area contributed by atoms with E-state index in [0.717, 1.165) is 31.7 Å². The minimum absolute atomic E-state index is 0.109. The average Bonchev–Trinajstić information content (AvgIpc) is 3.67. The van der Waals surface area contributed by atoms with E-state index in [-0.39, 0.29) is 18.5 Å². The van der Waals surface area contributed by atoms with Gasteiger partial charge in [-0.05, 0) is 74.2 Å². The van der Waals surface area contributed by atoms with Crippen molar-refractivity contribution in [2.24, 2.45) is 0 Å². The second-order valence-electron chi connectivity index (χ2n) is 11.6. The first-order valence-corrected chi connectivity index (χ1v) is 15.2. The highest BCUT2D eigenvalue weighted by molar-refractivity contribution is 7.14. The van der Waals surface area contributed by atoms with Gasteiger partial charge in [-0.25, -0.2) is 19.3 Å². The minimum atomic E-state index is -4.87. The third kappa shape index (κ3) is 7.47. The van der Waals surface area contributed by atoms with Gasteiger partial charge in [0.25, 0.3) is 0 Å². The molecule has 4 aromatic rings. The molecule has 0 spiro atoms. The molecule has 1 fully saturated rings. The van der Waals surface area contributed by atoms with E-state index in [4.69, 9.17) is 9.47 Å². The van der Waals surface area contributed by atoms with Gasteiger partial charge >= 0.3 is 18.2 Å². The lowest BCUT2D eigenvalue weighted by Crippen LogP contribution is -2.41.